The van der Waals surface area contributed by atoms with E-state index in [9.17, 15) is 0 Å². The number of aliphatic hydroxyl groups is 1. The zero-order valence-electron chi connectivity index (χ0n) is 10.4. The number of fused-ring (bicyclic) bond motifs is 1. The first-order valence-corrected chi connectivity index (χ1v) is 6.17. The number of ether oxygens (including phenoxy) is 2. The predicted octanol–water partition coefficient (Wildman–Crippen LogP) is 2.52. The number of rotatable bonds is 4. The third kappa shape index (κ3) is 2.63. The van der Waals surface area contributed by atoms with Gasteiger partial charge < -0.3 is 19.9 Å². The number of nitrogens with one attached hydrogen (secondary N) is 1. The maximum atomic E-state index is 9.09. The molecule has 0 bridgehead atoms. The Labute approximate surface area is 111 Å². The van der Waals surface area contributed by atoms with Gasteiger partial charge in [-0.1, -0.05) is 18.2 Å². The molecule has 1 heterocycles. The van der Waals surface area contributed by atoms with Crippen LogP contribution in [0, 0.1) is 0 Å². The average Bonchev–Trinajstić information content (AvgIpc) is 2.93. The fraction of sp³-hybridized carbons (Fsp3) is 0.200. The van der Waals surface area contributed by atoms with E-state index in [1.54, 1.807) is 0 Å². The monoisotopic (exact) mass is 257 g/mol. The summed E-state index contributed by atoms with van der Waals surface area (Å²) in [6.07, 6.45) is 0. The molecule has 0 saturated carbocycles. The van der Waals surface area contributed by atoms with Gasteiger partial charge in [0, 0.05) is 12.2 Å². The Balaban J connectivity index is 1.68. The molecule has 0 aliphatic carbocycles. The van der Waals surface area contributed by atoms with Crippen molar-refractivity contribution in [1.82, 2.24) is 0 Å². The van der Waals surface area contributed by atoms with Crippen molar-refractivity contribution in [2.45, 2.75) is 13.2 Å². The van der Waals surface area contributed by atoms with Gasteiger partial charge in [-0.05, 0) is 35.4 Å². The van der Waals surface area contributed by atoms with E-state index < -0.39 is 0 Å². The summed E-state index contributed by atoms with van der Waals surface area (Å²) < 4.78 is 10.6. The van der Waals surface area contributed by atoms with Crippen LogP contribution in [0.1, 0.15) is 11.1 Å². The van der Waals surface area contributed by atoms with Crippen molar-refractivity contribution in [3.8, 4) is 11.5 Å². The minimum absolute atomic E-state index is 0.0551. The van der Waals surface area contributed by atoms with Crippen molar-refractivity contribution in [3.63, 3.8) is 0 Å². The number of hydrogen-bond donors (Lipinski definition) is 2. The van der Waals surface area contributed by atoms with Gasteiger partial charge in [-0.3, -0.25) is 0 Å². The first-order valence-electron chi connectivity index (χ1n) is 6.17. The van der Waals surface area contributed by atoms with Crippen molar-refractivity contribution in [3.05, 3.63) is 53.6 Å². The van der Waals surface area contributed by atoms with Crippen LogP contribution >= 0.6 is 0 Å². The molecule has 4 heteroatoms. The fourth-order valence-corrected chi connectivity index (χ4v) is 2.03. The van der Waals surface area contributed by atoms with Gasteiger partial charge in [-0.2, -0.15) is 0 Å². The third-order valence-electron chi connectivity index (χ3n) is 3.04. The first kappa shape index (κ1) is 11.9. The number of anilines is 1. The van der Waals surface area contributed by atoms with E-state index in [-0.39, 0.29) is 6.61 Å². The lowest BCUT2D eigenvalue weighted by Crippen LogP contribution is -1.99. The highest BCUT2D eigenvalue weighted by molar-refractivity contribution is 5.48. The molecule has 0 atom stereocenters. The average molecular weight is 257 g/mol. The van der Waals surface area contributed by atoms with Gasteiger partial charge in [-0.25, -0.2) is 0 Å². The standard InChI is InChI=1S/C15H15NO3/c17-9-12-2-1-3-13(6-12)16-8-11-4-5-14-15(7-11)19-10-18-14/h1-7,16-17H,8-10H2. The van der Waals surface area contributed by atoms with Crippen LogP contribution in [0.5, 0.6) is 11.5 Å². The fourth-order valence-electron chi connectivity index (χ4n) is 2.03. The highest BCUT2D eigenvalue weighted by atomic mass is 16.7. The SMILES string of the molecule is OCc1cccc(NCc2ccc3c(c2)OCO3)c1. The van der Waals surface area contributed by atoms with Crippen LogP contribution in [-0.4, -0.2) is 11.9 Å². The largest absolute Gasteiger partial charge is 0.454 e. The molecule has 98 valence electrons. The first-order chi connectivity index (χ1) is 9.35. The maximum absolute atomic E-state index is 9.09. The Hall–Kier alpha value is -2.20. The molecule has 3 rings (SSSR count). The smallest absolute Gasteiger partial charge is 0.231 e. The van der Waals surface area contributed by atoms with Crippen LogP contribution < -0.4 is 14.8 Å². The molecule has 0 spiro atoms. The Kier molecular flexibility index (Phi) is 3.25. The maximum Gasteiger partial charge on any atom is 0.231 e. The van der Waals surface area contributed by atoms with Gasteiger partial charge in [0.1, 0.15) is 0 Å². The molecular formula is C15H15NO3. The number of aliphatic hydroxyl groups excluding tert-OH is 1. The normalized spacial score (nSPS) is 12.5. The van der Waals surface area contributed by atoms with Gasteiger partial charge in [-0.15, -0.1) is 0 Å². The Morgan fingerprint density at radius 1 is 1.00 bits per heavy atom. The molecule has 0 amide bonds. The molecule has 2 N–H and O–H groups in total. The topological polar surface area (TPSA) is 50.7 Å². The van der Waals surface area contributed by atoms with E-state index >= 15 is 0 Å². The molecule has 0 unspecified atom stereocenters. The number of benzene rings is 2. The van der Waals surface area contributed by atoms with Gasteiger partial charge in [0.2, 0.25) is 6.79 Å². The molecule has 0 radical (unpaired) electrons. The summed E-state index contributed by atoms with van der Waals surface area (Å²) in [5.41, 5.74) is 3.01. The summed E-state index contributed by atoms with van der Waals surface area (Å²) in [6.45, 7) is 1.05. The predicted molar refractivity (Wildman–Crippen MR) is 72.3 cm³/mol. The molecule has 2 aromatic rings. The lowest BCUT2D eigenvalue weighted by molar-refractivity contribution is 0.174. The summed E-state index contributed by atoms with van der Waals surface area (Å²) in [5, 5.41) is 12.4. The second kappa shape index (κ2) is 5.20. The quantitative estimate of drug-likeness (QED) is 0.883. The molecule has 4 nitrogen and oxygen atoms in total. The van der Waals surface area contributed by atoms with Crippen LogP contribution in [0.4, 0.5) is 5.69 Å². The molecule has 19 heavy (non-hydrogen) atoms. The summed E-state index contributed by atoms with van der Waals surface area (Å²) in [7, 11) is 0. The summed E-state index contributed by atoms with van der Waals surface area (Å²) in [5.74, 6) is 1.59. The van der Waals surface area contributed by atoms with Crippen LogP contribution in [0.25, 0.3) is 0 Å². The van der Waals surface area contributed by atoms with Crippen LogP contribution in [-0.2, 0) is 13.2 Å². The van der Waals surface area contributed by atoms with Crippen molar-refractivity contribution in [2.24, 2.45) is 0 Å². The van der Waals surface area contributed by atoms with Crippen LogP contribution in [0.2, 0.25) is 0 Å². The Morgan fingerprint density at radius 3 is 2.79 bits per heavy atom. The lowest BCUT2D eigenvalue weighted by atomic mass is 10.2. The minimum atomic E-state index is 0.0551. The van der Waals surface area contributed by atoms with E-state index in [1.807, 2.05) is 42.5 Å². The van der Waals surface area contributed by atoms with Gasteiger partial charge >= 0.3 is 0 Å². The van der Waals surface area contributed by atoms with Crippen molar-refractivity contribution >= 4 is 5.69 Å². The molecule has 2 aromatic carbocycles. The molecule has 0 saturated heterocycles. The zero-order chi connectivity index (χ0) is 13.1. The van der Waals surface area contributed by atoms with Crippen molar-refractivity contribution < 1.29 is 14.6 Å². The second-order valence-corrected chi connectivity index (χ2v) is 4.40. The summed E-state index contributed by atoms with van der Waals surface area (Å²) in [6, 6.07) is 13.6. The van der Waals surface area contributed by atoms with Crippen LogP contribution in [0.3, 0.4) is 0 Å². The van der Waals surface area contributed by atoms with E-state index in [1.165, 1.54) is 0 Å². The molecule has 0 fully saturated rings. The van der Waals surface area contributed by atoms with Gasteiger partial charge in [0.05, 0.1) is 6.61 Å². The third-order valence-corrected chi connectivity index (χ3v) is 3.04. The minimum Gasteiger partial charge on any atom is -0.454 e. The zero-order valence-corrected chi connectivity index (χ0v) is 10.4. The van der Waals surface area contributed by atoms with E-state index in [2.05, 4.69) is 5.32 Å². The van der Waals surface area contributed by atoms with E-state index in [0.717, 1.165) is 28.3 Å². The van der Waals surface area contributed by atoms with Gasteiger partial charge in [0.15, 0.2) is 11.5 Å². The van der Waals surface area contributed by atoms with E-state index in [0.29, 0.717) is 13.3 Å². The molecule has 1 aliphatic rings. The highest BCUT2D eigenvalue weighted by Gasteiger charge is 2.12. The van der Waals surface area contributed by atoms with Gasteiger partial charge in [0.25, 0.3) is 0 Å². The van der Waals surface area contributed by atoms with E-state index in [4.69, 9.17) is 14.6 Å². The Bertz CT molecular complexity index is 583. The number of hydrogen-bond acceptors (Lipinski definition) is 4. The Morgan fingerprint density at radius 2 is 1.89 bits per heavy atom. The molecule has 0 aromatic heterocycles. The van der Waals surface area contributed by atoms with Crippen LogP contribution in [0.15, 0.2) is 42.5 Å². The lowest BCUT2D eigenvalue weighted by Gasteiger charge is -2.08. The van der Waals surface area contributed by atoms with Crippen molar-refractivity contribution in [1.29, 1.82) is 0 Å². The molecule has 1 aliphatic heterocycles. The highest BCUT2D eigenvalue weighted by Crippen LogP contribution is 2.32. The second-order valence-electron chi connectivity index (χ2n) is 4.40. The molecular weight excluding hydrogens is 242 g/mol. The summed E-state index contributed by atoms with van der Waals surface area (Å²) >= 11 is 0. The summed E-state index contributed by atoms with van der Waals surface area (Å²) in [4.78, 5) is 0. The van der Waals surface area contributed by atoms with Crippen molar-refractivity contribution in [2.75, 3.05) is 12.1 Å².